The van der Waals surface area contributed by atoms with E-state index in [4.69, 9.17) is 5.11 Å². The molecule has 0 spiro atoms. The number of alkyl halides is 3. The lowest BCUT2D eigenvalue weighted by atomic mass is 10.0. The van der Waals surface area contributed by atoms with E-state index in [1.165, 1.54) is 12.2 Å². The summed E-state index contributed by atoms with van der Waals surface area (Å²) in [6.07, 6.45) is 7.87. The number of aliphatic hydroxyl groups is 1. The van der Waals surface area contributed by atoms with Gasteiger partial charge in [-0.25, -0.2) is 8.42 Å². The Hall–Kier alpha value is -1.68. The van der Waals surface area contributed by atoms with Gasteiger partial charge in [-0.3, -0.25) is 0 Å². The van der Waals surface area contributed by atoms with Crippen molar-refractivity contribution in [3.8, 4) is 0 Å². The van der Waals surface area contributed by atoms with Gasteiger partial charge in [0.2, 0.25) is 0 Å². The van der Waals surface area contributed by atoms with E-state index in [-0.39, 0.29) is 19.1 Å². The minimum Gasteiger partial charge on any atom is -0.392 e. The van der Waals surface area contributed by atoms with Crippen molar-refractivity contribution in [1.29, 1.82) is 0 Å². The molecule has 0 saturated heterocycles. The van der Waals surface area contributed by atoms with Crippen LogP contribution < -0.4 is 5.32 Å². The van der Waals surface area contributed by atoms with Crippen LogP contribution in [0.2, 0.25) is 0 Å². The van der Waals surface area contributed by atoms with E-state index in [1.54, 1.807) is 24.3 Å². The first-order valence-electron chi connectivity index (χ1n) is 8.62. The van der Waals surface area contributed by atoms with E-state index in [9.17, 15) is 21.6 Å². The topological polar surface area (TPSA) is 69.6 Å². The highest BCUT2D eigenvalue weighted by Gasteiger charge is 2.55. The highest BCUT2D eigenvalue weighted by molar-refractivity contribution is 7.90. The standard InChI is InChI=1S/C18H21F3N2O3S/c19-18(20,21)27(25,26)23-16(11-15-3-1-2-10-22-15)8-9-17(23)14-6-4-13(12-24)5-7-14/h1,3-9,15-17,22,24H,2,10-12H2/t15-,16+,17+/m1/s1. The molecule has 1 aromatic rings. The molecule has 0 aliphatic carbocycles. The fraction of sp³-hybridized carbons (Fsp3) is 0.444. The van der Waals surface area contributed by atoms with E-state index in [0.717, 1.165) is 6.42 Å². The SMILES string of the molecule is O=S(=O)(N1[C@H](C[C@H]2C=CCCN2)C=C[C@H]1c1ccc(CO)cc1)C(F)(F)F. The Kier molecular flexibility index (Phi) is 5.76. The average Bonchev–Trinajstić information content (AvgIpc) is 3.06. The molecule has 0 amide bonds. The number of hydrogen-bond acceptors (Lipinski definition) is 4. The first-order valence-corrected chi connectivity index (χ1v) is 10.1. The van der Waals surface area contributed by atoms with Crippen molar-refractivity contribution >= 4 is 10.0 Å². The van der Waals surface area contributed by atoms with E-state index in [1.807, 2.05) is 12.2 Å². The lowest BCUT2D eigenvalue weighted by Gasteiger charge is -2.32. The van der Waals surface area contributed by atoms with Gasteiger partial charge in [0.15, 0.2) is 0 Å². The van der Waals surface area contributed by atoms with Crippen molar-refractivity contribution in [2.45, 2.75) is 43.1 Å². The van der Waals surface area contributed by atoms with Gasteiger partial charge in [0.05, 0.1) is 12.6 Å². The van der Waals surface area contributed by atoms with Crippen LogP contribution in [0.25, 0.3) is 0 Å². The van der Waals surface area contributed by atoms with Crippen LogP contribution in [0.1, 0.15) is 30.0 Å². The van der Waals surface area contributed by atoms with E-state index >= 15 is 0 Å². The lowest BCUT2D eigenvalue weighted by Crippen LogP contribution is -2.47. The minimum absolute atomic E-state index is 0.185. The molecule has 0 fully saturated rings. The molecule has 2 aliphatic rings. The number of sulfonamides is 1. The zero-order chi connectivity index (χ0) is 19.7. The van der Waals surface area contributed by atoms with Crippen molar-refractivity contribution in [2.75, 3.05) is 6.54 Å². The molecule has 3 rings (SSSR count). The molecular formula is C18H21F3N2O3S. The van der Waals surface area contributed by atoms with Crippen molar-refractivity contribution in [2.24, 2.45) is 0 Å². The molecule has 27 heavy (non-hydrogen) atoms. The summed E-state index contributed by atoms with van der Waals surface area (Å²) >= 11 is 0. The zero-order valence-corrected chi connectivity index (χ0v) is 15.2. The molecule has 3 atom stereocenters. The van der Waals surface area contributed by atoms with Gasteiger partial charge in [0.25, 0.3) is 0 Å². The Morgan fingerprint density at radius 1 is 1.15 bits per heavy atom. The van der Waals surface area contributed by atoms with E-state index in [2.05, 4.69) is 5.32 Å². The van der Waals surface area contributed by atoms with Crippen LogP contribution in [-0.4, -0.2) is 42.0 Å². The van der Waals surface area contributed by atoms with Crippen LogP contribution in [-0.2, 0) is 16.6 Å². The maximum Gasteiger partial charge on any atom is 0.511 e. The number of aliphatic hydroxyl groups excluding tert-OH is 1. The summed E-state index contributed by atoms with van der Waals surface area (Å²) in [4.78, 5) is 0. The third-order valence-electron chi connectivity index (χ3n) is 4.77. The Balaban J connectivity index is 1.93. The molecular weight excluding hydrogens is 381 g/mol. The molecule has 2 N–H and O–H groups in total. The second-order valence-electron chi connectivity index (χ2n) is 6.59. The normalized spacial score (nSPS) is 26.6. The molecule has 9 heteroatoms. The largest absolute Gasteiger partial charge is 0.511 e. The van der Waals surface area contributed by atoms with Gasteiger partial charge in [-0.05, 0) is 30.5 Å². The fourth-order valence-corrected chi connectivity index (χ4v) is 4.66. The predicted molar refractivity (Wildman–Crippen MR) is 95.0 cm³/mol. The predicted octanol–water partition coefficient (Wildman–Crippen LogP) is 2.62. The molecule has 0 saturated carbocycles. The summed E-state index contributed by atoms with van der Waals surface area (Å²) in [5.74, 6) is 0. The van der Waals surface area contributed by atoms with Crippen molar-refractivity contribution in [3.05, 3.63) is 59.7 Å². The maximum absolute atomic E-state index is 13.3. The van der Waals surface area contributed by atoms with Crippen LogP contribution >= 0.6 is 0 Å². The summed E-state index contributed by atoms with van der Waals surface area (Å²) in [6.45, 7) is 0.503. The Labute approximate surface area is 156 Å². The molecule has 5 nitrogen and oxygen atoms in total. The van der Waals surface area contributed by atoms with Crippen LogP contribution in [0.15, 0.2) is 48.6 Å². The number of rotatable bonds is 5. The molecule has 0 unspecified atom stereocenters. The molecule has 2 aliphatic heterocycles. The fourth-order valence-electron chi connectivity index (χ4n) is 3.42. The smallest absolute Gasteiger partial charge is 0.392 e. The minimum atomic E-state index is -5.52. The van der Waals surface area contributed by atoms with Gasteiger partial charge in [-0.1, -0.05) is 48.6 Å². The summed E-state index contributed by atoms with van der Waals surface area (Å²) < 4.78 is 65.1. The number of benzene rings is 1. The van der Waals surface area contributed by atoms with Gasteiger partial charge in [-0.15, -0.1) is 0 Å². The molecule has 1 aromatic carbocycles. The van der Waals surface area contributed by atoms with Crippen LogP contribution in [0.5, 0.6) is 0 Å². The zero-order valence-electron chi connectivity index (χ0n) is 14.4. The summed E-state index contributed by atoms with van der Waals surface area (Å²) in [5.41, 5.74) is -4.36. The molecule has 0 radical (unpaired) electrons. The maximum atomic E-state index is 13.3. The van der Waals surface area contributed by atoms with Gasteiger partial charge in [0.1, 0.15) is 0 Å². The molecule has 0 aromatic heterocycles. The third kappa shape index (κ3) is 4.11. The van der Waals surface area contributed by atoms with Crippen LogP contribution in [0.4, 0.5) is 13.2 Å². The molecule has 2 heterocycles. The quantitative estimate of drug-likeness (QED) is 0.743. The first-order chi connectivity index (χ1) is 12.7. The molecule has 0 bridgehead atoms. The summed E-state index contributed by atoms with van der Waals surface area (Å²) in [5, 5.41) is 12.3. The Morgan fingerprint density at radius 3 is 2.41 bits per heavy atom. The number of halogens is 3. The van der Waals surface area contributed by atoms with E-state index in [0.29, 0.717) is 22.0 Å². The van der Waals surface area contributed by atoms with Gasteiger partial charge >= 0.3 is 15.5 Å². The highest BCUT2D eigenvalue weighted by atomic mass is 32.2. The van der Waals surface area contributed by atoms with Crippen molar-refractivity contribution < 1.29 is 26.7 Å². The second-order valence-corrected chi connectivity index (χ2v) is 8.43. The van der Waals surface area contributed by atoms with E-state index < -0.39 is 27.6 Å². The number of hydrogen-bond donors (Lipinski definition) is 2. The highest BCUT2D eigenvalue weighted by Crippen LogP contribution is 2.40. The Bertz CT molecular complexity index is 819. The monoisotopic (exact) mass is 402 g/mol. The van der Waals surface area contributed by atoms with Crippen molar-refractivity contribution in [3.63, 3.8) is 0 Å². The average molecular weight is 402 g/mol. The molecule has 148 valence electrons. The summed E-state index contributed by atoms with van der Waals surface area (Å²) in [7, 11) is -5.52. The number of nitrogens with one attached hydrogen (secondary N) is 1. The Morgan fingerprint density at radius 2 is 1.85 bits per heavy atom. The van der Waals surface area contributed by atoms with Crippen LogP contribution in [0, 0.1) is 0 Å². The second kappa shape index (κ2) is 7.75. The van der Waals surface area contributed by atoms with Gasteiger partial charge < -0.3 is 10.4 Å². The van der Waals surface area contributed by atoms with Crippen molar-refractivity contribution in [1.82, 2.24) is 9.62 Å². The van der Waals surface area contributed by atoms with Gasteiger partial charge in [0, 0.05) is 12.1 Å². The number of nitrogens with zero attached hydrogens (tertiary/aromatic N) is 1. The summed E-state index contributed by atoms with van der Waals surface area (Å²) in [6, 6.07) is 4.10. The van der Waals surface area contributed by atoms with Gasteiger partial charge in [-0.2, -0.15) is 17.5 Å². The third-order valence-corrected chi connectivity index (χ3v) is 6.41. The van der Waals surface area contributed by atoms with Crippen LogP contribution in [0.3, 0.4) is 0 Å². The first kappa shape index (κ1) is 20.1. The lowest BCUT2D eigenvalue weighted by molar-refractivity contribution is -0.0502.